The van der Waals surface area contributed by atoms with Crippen molar-refractivity contribution in [1.29, 1.82) is 0 Å². The summed E-state index contributed by atoms with van der Waals surface area (Å²) in [4.78, 5) is 4.44. The molecular weight excluding hydrogens is 238 g/mol. The second-order valence-electron chi connectivity index (χ2n) is 5.63. The van der Waals surface area contributed by atoms with E-state index in [9.17, 15) is 0 Å². The van der Waals surface area contributed by atoms with Crippen LogP contribution < -0.4 is 5.73 Å². The summed E-state index contributed by atoms with van der Waals surface area (Å²) >= 11 is 0. The monoisotopic (exact) mass is 257 g/mol. The van der Waals surface area contributed by atoms with E-state index in [-0.39, 0.29) is 17.8 Å². The Morgan fingerprint density at radius 1 is 1.18 bits per heavy atom. The van der Waals surface area contributed by atoms with Crippen LogP contribution in [0.15, 0.2) is 4.52 Å². The van der Waals surface area contributed by atoms with Gasteiger partial charge >= 0.3 is 0 Å². The second kappa shape index (κ2) is 4.25. The van der Waals surface area contributed by atoms with Gasteiger partial charge in [-0.25, -0.2) is 0 Å². The molecule has 0 spiro atoms. The molecule has 96 valence electrons. The third-order valence-corrected chi connectivity index (χ3v) is 4.82. The zero-order valence-corrected chi connectivity index (χ0v) is 11.1. The van der Waals surface area contributed by atoms with Crippen molar-refractivity contribution in [1.82, 2.24) is 10.1 Å². The van der Waals surface area contributed by atoms with Gasteiger partial charge in [0, 0.05) is 5.41 Å². The highest BCUT2D eigenvalue weighted by molar-refractivity contribution is 5.85. The van der Waals surface area contributed by atoms with Gasteiger partial charge in [-0.1, -0.05) is 5.16 Å². The van der Waals surface area contributed by atoms with Gasteiger partial charge in [0.15, 0.2) is 5.82 Å². The molecule has 1 aromatic rings. The molecule has 0 amide bonds. The van der Waals surface area contributed by atoms with Gasteiger partial charge < -0.3 is 10.3 Å². The first-order valence-electron chi connectivity index (χ1n) is 6.19. The minimum absolute atomic E-state index is 0. The molecule has 4 nitrogen and oxygen atoms in total. The molecule has 0 radical (unpaired) electrons. The van der Waals surface area contributed by atoms with Crippen LogP contribution in [0.25, 0.3) is 0 Å². The highest BCUT2D eigenvalue weighted by Gasteiger charge is 2.51. The first-order chi connectivity index (χ1) is 7.68. The SMILES string of the molecule is Cc1noc(C23CCC(CN)(CC2)CC3)n1.Cl. The zero-order valence-electron chi connectivity index (χ0n) is 10.2. The zero-order chi connectivity index (χ0) is 11.2. The molecule has 5 heteroatoms. The number of halogens is 1. The van der Waals surface area contributed by atoms with E-state index >= 15 is 0 Å². The quantitative estimate of drug-likeness (QED) is 0.883. The van der Waals surface area contributed by atoms with Gasteiger partial charge in [-0.05, 0) is 57.4 Å². The van der Waals surface area contributed by atoms with Crippen molar-refractivity contribution >= 4 is 12.4 Å². The number of hydrogen-bond donors (Lipinski definition) is 1. The third kappa shape index (κ3) is 1.87. The maximum absolute atomic E-state index is 5.91. The summed E-state index contributed by atoms with van der Waals surface area (Å²) in [5.74, 6) is 1.63. The highest BCUT2D eigenvalue weighted by Crippen LogP contribution is 2.56. The minimum Gasteiger partial charge on any atom is -0.339 e. The van der Waals surface area contributed by atoms with Crippen LogP contribution in [0.3, 0.4) is 0 Å². The molecule has 1 aromatic heterocycles. The van der Waals surface area contributed by atoms with Crippen molar-refractivity contribution < 1.29 is 4.52 Å². The maximum atomic E-state index is 5.91. The molecule has 3 saturated carbocycles. The van der Waals surface area contributed by atoms with E-state index in [1.54, 1.807) is 0 Å². The predicted octanol–water partition coefficient (Wildman–Crippen LogP) is 2.35. The van der Waals surface area contributed by atoms with Gasteiger partial charge in [0.1, 0.15) is 0 Å². The molecule has 1 heterocycles. The minimum atomic E-state index is 0. The molecule has 0 unspecified atom stereocenters. The van der Waals surface area contributed by atoms with Gasteiger partial charge in [0.05, 0.1) is 0 Å². The molecule has 0 atom stereocenters. The van der Waals surface area contributed by atoms with Crippen LogP contribution in [-0.2, 0) is 5.41 Å². The summed E-state index contributed by atoms with van der Waals surface area (Å²) in [6.07, 6.45) is 7.20. The Morgan fingerprint density at radius 3 is 2.18 bits per heavy atom. The van der Waals surface area contributed by atoms with Gasteiger partial charge in [-0.2, -0.15) is 4.98 Å². The van der Waals surface area contributed by atoms with E-state index in [0.717, 1.165) is 18.3 Å². The van der Waals surface area contributed by atoms with E-state index in [0.29, 0.717) is 5.41 Å². The normalized spacial score (nSPS) is 35.6. The van der Waals surface area contributed by atoms with Crippen molar-refractivity contribution in [3.05, 3.63) is 11.7 Å². The molecule has 0 aromatic carbocycles. The molecule has 2 bridgehead atoms. The third-order valence-electron chi connectivity index (χ3n) is 4.82. The fourth-order valence-corrected chi connectivity index (χ4v) is 3.40. The van der Waals surface area contributed by atoms with Crippen molar-refractivity contribution in [2.24, 2.45) is 11.1 Å². The van der Waals surface area contributed by atoms with Gasteiger partial charge in [-0.15, -0.1) is 12.4 Å². The van der Waals surface area contributed by atoms with Crippen molar-refractivity contribution in [2.45, 2.75) is 50.9 Å². The molecular formula is C12H20ClN3O. The number of aryl methyl sites for hydroxylation is 1. The summed E-state index contributed by atoms with van der Waals surface area (Å²) in [6, 6.07) is 0. The summed E-state index contributed by atoms with van der Waals surface area (Å²) in [5.41, 5.74) is 6.51. The van der Waals surface area contributed by atoms with E-state index in [2.05, 4.69) is 10.1 Å². The summed E-state index contributed by atoms with van der Waals surface area (Å²) in [5, 5.41) is 3.93. The van der Waals surface area contributed by atoms with Crippen LogP contribution >= 0.6 is 12.4 Å². The fourth-order valence-electron chi connectivity index (χ4n) is 3.40. The smallest absolute Gasteiger partial charge is 0.232 e. The van der Waals surface area contributed by atoms with E-state index < -0.39 is 0 Å². The Bertz CT molecular complexity index is 380. The summed E-state index contributed by atoms with van der Waals surface area (Å²) in [7, 11) is 0. The second-order valence-corrected chi connectivity index (χ2v) is 5.63. The first-order valence-corrected chi connectivity index (χ1v) is 6.19. The van der Waals surface area contributed by atoms with Crippen molar-refractivity contribution in [2.75, 3.05) is 6.54 Å². The van der Waals surface area contributed by atoms with Crippen LogP contribution in [0.1, 0.15) is 50.2 Å². The van der Waals surface area contributed by atoms with Gasteiger partial charge in [-0.3, -0.25) is 0 Å². The van der Waals surface area contributed by atoms with Gasteiger partial charge in [0.25, 0.3) is 0 Å². The highest BCUT2D eigenvalue weighted by atomic mass is 35.5. The molecule has 17 heavy (non-hydrogen) atoms. The fraction of sp³-hybridized carbons (Fsp3) is 0.833. The average Bonchev–Trinajstić information content (AvgIpc) is 2.79. The standard InChI is InChI=1S/C12H19N3O.ClH/c1-9-14-10(16-15-9)12-5-2-11(8-13,3-6-12)4-7-12;/h2-8,13H2,1H3;1H. The van der Waals surface area contributed by atoms with Crippen molar-refractivity contribution in [3.63, 3.8) is 0 Å². The van der Waals surface area contributed by atoms with Crippen molar-refractivity contribution in [3.8, 4) is 0 Å². The lowest BCUT2D eigenvalue weighted by molar-refractivity contribution is 0.0292. The Morgan fingerprint density at radius 2 is 1.76 bits per heavy atom. The largest absolute Gasteiger partial charge is 0.339 e. The van der Waals surface area contributed by atoms with Crippen LogP contribution in [-0.4, -0.2) is 16.7 Å². The number of nitrogens with two attached hydrogens (primary N) is 1. The summed E-state index contributed by atoms with van der Waals surface area (Å²) in [6.45, 7) is 2.73. The maximum Gasteiger partial charge on any atom is 0.232 e. The lowest BCUT2D eigenvalue weighted by Gasteiger charge is -2.51. The number of hydrogen-bond acceptors (Lipinski definition) is 4. The van der Waals surface area contributed by atoms with E-state index in [1.165, 1.54) is 38.5 Å². The predicted molar refractivity (Wildman–Crippen MR) is 67.2 cm³/mol. The molecule has 3 aliphatic carbocycles. The molecule has 3 fully saturated rings. The Balaban J connectivity index is 0.00000108. The molecule has 0 saturated heterocycles. The Labute approximate surface area is 108 Å². The van der Waals surface area contributed by atoms with Crippen LogP contribution in [0, 0.1) is 12.3 Å². The summed E-state index contributed by atoms with van der Waals surface area (Å²) < 4.78 is 5.40. The van der Waals surface area contributed by atoms with Crippen LogP contribution in [0.5, 0.6) is 0 Å². The van der Waals surface area contributed by atoms with Crippen LogP contribution in [0.2, 0.25) is 0 Å². The number of rotatable bonds is 2. The molecule has 2 N–H and O–H groups in total. The topological polar surface area (TPSA) is 64.9 Å². The van der Waals surface area contributed by atoms with Gasteiger partial charge in [0.2, 0.25) is 5.89 Å². The lowest BCUT2D eigenvalue weighted by atomic mass is 9.53. The first kappa shape index (κ1) is 12.8. The Hall–Kier alpha value is -0.610. The molecule has 0 aliphatic heterocycles. The number of aromatic nitrogens is 2. The Kier molecular flexibility index (Phi) is 3.21. The van der Waals surface area contributed by atoms with E-state index in [4.69, 9.17) is 10.3 Å². The average molecular weight is 258 g/mol. The van der Waals surface area contributed by atoms with E-state index in [1.807, 2.05) is 6.92 Å². The molecule has 3 aliphatic rings. The van der Waals surface area contributed by atoms with Crippen LogP contribution in [0.4, 0.5) is 0 Å². The number of nitrogens with zero attached hydrogens (tertiary/aromatic N) is 2. The molecule has 4 rings (SSSR count). The lowest BCUT2D eigenvalue weighted by Crippen LogP contribution is -2.47. The number of fused-ring (bicyclic) bond motifs is 3.